The molecule has 0 saturated heterocycles. The van der Waals surface area contributed by atoms with Gasteiger partial charge in [0.1, 0.15) is 11.6 Å². The van der Waals surface area contributed by atoms with E-state index in [0.717, 1.165) is 21.8 Å². The Morgan fingerprint density at radius 2 is 1.94 bits per heavy atom. The van der Waals surface area contributed by atoms with Crippen molar-refractivity contribution in [1.82, 2.24) is 4.98 Å². The molecule has 0 unspecified atom stereocenters. The first-order chi connectivity index (χ1) is 8.19. The SMILES string of the molecule is CNc1cccc(Nc2ccc(Br)cc2Cl)n1. The number of nitrogens with one attached hydrogen (secondary N) is 2. The highest BCUT2D eigenvalue weighted by molar-refractivity contribution is 9.10. The summed E-state index contributed by atoms with van der Waals surface area (Å²) in [5.41, 5.74) is 0.829. The summed E-state index contributed by atoms with van der Waals surface area (Å²) in [5.74, 6) is 1.56. The maximum absolute atomic E-state index is 6.12. The van der Waals surface area contributed by atoms with Crippen LogP contribution in [0.5, 0.6) is 0 Å². The number of benzene rings is 1. The molecule has 0 saturated carbocycles. The van der Waals surface area contributed by atoms with Crippen LogP contribution in [0.2, 0.25) is 5.02 Å². The number of hydrogen-bond acceptors (Lipinski definition) is 3. The summed E-state index contributed by atoms with van der Waals surface area (Å²) in [4.78, 5) is 4.36. The van der Waals surface area contributed by atoms with Crippen molar-refractivity contribution in [3.63, 3.8) is 0 Å². The van der Waals surface area contributed by atoms with Crippen LogP contribution in [0.25, 0.3) is 0 Å². The summed E-state index contributed by atoms with van der Waals surface area (Å²) >= 11 is 9.48. The van der Waals surface area contributed by atoms with Crippen molar-refractivity contribution in [2.75, 3.05) is 17.7 Å². The topological polar surface area (TPSA) is 37.0 Å². The van der Waals surface area contributed by atoms with Gasteiger partial charge in [-0.15, -0.1) is 0 Å². The van der Waals surface area contributed by atoms with Crippen LogP contribution in [0.1, 0.15) is 0 Å². The van der Waals surface area contributed by atoms with E-state index in [-0.39, 0.29) is 0 Å². The molecule has 0 atom stereocenters. The molecule has 0 radical (unpaired) electrons. The first kappa shape index (κ1) is 12.2. The van der Waals surface area contributed by atoms with E-state index in [9.17, 15) is 0 Å². The molecule has 1 aromatic carbocycles. The van der Waals surface area contributed by atoms with E-state index < -0.39 is 0 Å². The first-order valence-corrected chi connectivity index (χ1v) is 6.23. The molecule has 1 heterocycles. The van der Waals surface area contributed by atoms with Crippen LogP contribution in [0.15, 0.2) is 40.9 Å². The standard InChI is InChI=1S/C12H11BrClN3/c1-15-11-3-2-4-12(17-11)16-10-6-5-8(13)7-9(10)14/h2-7H,1H3,(H2,15,16,17). The van der Waals surface area contributed by atoms with Crippen LogP contribution in [0, 0.1) is 0 Å². The number of pyridine rings is 1. The molecule has 0 aliphatic heterocycles. The van der Waals surface area contributed by atoms with Gasteiger partial charge in [-0.05, 0) is 30.3 Å². The highest BCUT2D eigenvalue weighted by atomic mass is 79.9. The lowest BCUT2D eigenvalue weighted by atomic mass is 10.3. The summed E-state index contributed by atoms with van der Waals surface area (Å²) in [7, 11) is 1.83. The normalized spacial score (nSPS) is 10.1. The second-order valence-corrected chi connectivity index (χ2v) is 4.73. The summed E-state index contributed by atoms with van der Waals surface area (Å²) in [6, 6.07) is 11.4. The number of anilines is 3. The quantitative estimate of drug-likeness (QED) is 0.888. The minimum atomic E-state index is 0.649. The highest BCUT2D eigenvalue weighted by Crippen LogP contribution is 2.28. The molecule has 2 rings (SSSR count). The Morgan fingerprint density at radius 3 is 2.65 bits per heavy atom. The van der Waals surface area contributed by atoms with Crippen LogP contribution < -0.4 is 10.6 Å². The van der Waals surface area contributed by atoms with Gasteiger partial charge in [-0.1, -0.05) is 33.6 Å². The van der Waals surface area contributed by atoms with Crippen LogP contribution in [0.4, 0.5) is 17.3 Å². The van der Waals surface area contributed by atoms with Crippen molar-refractivity contribution >= 4 is 44.9 Å². The minimum Gasteiger partial charge on any atom is -0.373 e. The lowest BCUT2D eigenvalue weighted by molar-refractivity contribution is 1.28. The molecule has 0 aliphatic rings. The third kappa shape index (κ3) is 3.11. The predicted octanol–water partition coefficient (Wildman–Crippen LogP) is 4.28. The van der Waals surface area contributed by atoms with Crippen molar-refractivity contribution in [1.29, 1.82) is 0 Å². The maximum atomic E-state index is 6.12. The molecule has 2 N–H and O–H groups in total. The highest BCUT2D eigenvalue weighted by Gasteiger charge is 2.02. The average Bonchev–Trinajstić information content (AvgIpc) is 2.33. The second kappa shape index (κ2) is 5.38. The molecule has 0 aliphatic carbocycles. The average molecular weight is 313 g/mol. The number of nitrogens with zero attached hydrogens (tertiary/aromatic N) is 1. The maximum Gasteiger partial charge on any atom is 0.132 e. The molecular weight excluding hydrogens is 302 g/mol. The molecule has 17 heavy (non-hydrogen) atoms. The number of aromatic nitrogens is 1. The van der Waals surface area contributed by atoms with Gasteiger partial charge in [0.2, 0.25) is 0 Å². The van der Waals surface area contributed by atoms with E-state index in [1.807, 2.05) is 43.4 Å². The van der Waals surface area contributed by atoms with Crippen LogP contribution in [-0.2, 0) is 0 Å². The smallest absolute Gasteiger partial charge is 0.132 e. The van der Waals surface area contributed by atoms with E-state index in [1.54, 1.807) is 0 Å². The van der Waals surface area contributed by atoms with Gasteiger partial charge in [-0.2, -0.15) is 0 Å². The molecule has 88 valence electrons. The van der Waals surface area contributed by atoms with E-state index in [1.165, 1.54) is 0 Å². The van der Waals surface area contributed by atoms with Crippen molar-refractivity contribution < 1.29 is 0 Å². The summed E-state index contributed by atoms with van der Waals surface area (Å²) < 4.78 is 0.949. The number of rotatable bonds is 3. The summed E-state index contributed by atoms with van der Waals surface area (Å²) in [5, 5.41) is 6.80. The Labute approximate surface area is 113 Å². The molecule has 0 bridgehead atoms. The van der Waals surface area contributed by atoms with Gasteiger partial charge in [0.25, 0.3) is 0 Å². The molecule has 5 heteroatoms. The van der Waals surface area contributed by atoms with Gasteiger partial charge in [0.15, 0.2) is 0 Å². The Kier molecular flexibility index (Phi) is 3.86. The largest absolute Gasteiger partial charge is 0.373 e. The fourth-order valence-corrected chi connectivity index (χ4v) is 2.09. The van der Waals surface area contributed by atoms with Crippen molar-refractivity contribution in [3.05, 3.63) is 45.9 Å². The van der Waals surface area contributed by atoms with Gasteiger partial charge in [0, 0.05) is 11.5 Å². The van der Waals surface area contributed by atoms with Crippen LogP contribution in [-0.4, -0.2) is 12.0 Å². The Hall–Kier alpha value is -1.26. The summed E-state index contributed by atoms with van der Waals surface area (Å²) in [6.45, 7) is 0. The van der Waals surface area contributed by atoms with E-state index in [2.05, 4.69) is 31.5 Å². The molecular formula is C12H11BrClN3. The van der Waals surface area contributed by atoms with Crippen molar-refractivity contribution in [3.8, 4) is 0 Å². The Morgan fingerprint density at radius 1 is 1.18 bits per heavy atom. The van der Waals surface area contributed by atoms with Gasteiger partial charge in [-0.25, -0.2) is 4.98 Å². The van der Waals surface area contributed by atoms with Crippen LogP contribution in [0.3, 0.4) is 0 Å². The van der Waals surface area contributed by atoms with Gasteiger partial charge in [0.05, 0.1) is 10.7 Å². The molecule has 0 amide bonds. The Bertz CT molecular complexity index is 531. The van der Waals surface area contributed by atoms with Crippen molar-refractivity contribution in [2.24, 2.45) is 0 Å². The monoisotopic (exact) mass is 311 g/mol. The summed E-state index contributed by atoms with van der Waals surface area (Å²) in [6.07, 6.45) is 0. The van der Waals surface area contributed by atoms with Gasteiger partial charge in [-0.3, -0.25) is 0 Å². The minimum absolute atomic E-state index is 0.649. The second-order valence-electron chi connectivity index (χ2n) is 3.41. The van der Waals surface area contributed by atoms with Gasteiger partial charge >= 0.3 is 0 Å². The molecule has 3 nitrogen and oxygen atoms in total. The fourth-order valence-electron chi connectivity index (χ4n) is 1.37. The zero-order chi connectivity index (χ0) is 12.3. The molecule has 2 aromatic rings. The Balaban J connectivity index is 2.25. The third-order valence-electron chi connectivity index (χ3n) is 2.20. The lowest BCUT2D eigenvalue weighted by Gasteiger charge is -2.09. The molecule has 0 fully saturated rings. The zero-order valence-corrected chi connectivity index (χ0v) is 11.5. The zero-order valence-electron chi connectivity index (χ0n) is 9.17. The van der Waals surface area contributed by atoms with Gasteiger partial charge < -0.3 is 10.6 Å². The molecule has 0 spiro atoms. The fraction of sp³-hybridized carbons (Fsp3) is 0.0833. The van der Waals surface area contributed by atoms with Crippen LogP contribution >= 0.6 is 27.5 Å². The lowest BCUT2D eigenvalue weighted by Crippen LogP contribution is -1.97. The predicted molar refractivity (Wildman–Crippen MR) is 76.2 cm³/mol. The van der Waals surface area contributed by atoms with E-state index >= 15 is 0 Å². The molecule has 1 aromatic heterocycles. The van der Waals surface area contributed by atoms with Crippen molar-refractivity contribution in [2.45, 2.75) is 0 Å². The number of halogens is 2. The third-order valence-corrected chi connectivity index (χ3v) is 3.01. The number of hydrogen-bond donors (Lipinski definition) is 2. The first-order valence-electron chi connectivity index (χ1n) is 5.06. The van der Waals surface area contributed by atoms with E-state index in [4.69, 9.17) is 11.6 Å². The van der Waals surface area contributed by atoms with E-state index in [0.29, 0.717) is 5.02 Å².